The Morgan fingerprint density at radius 3 is 2.54 bits per heavy atom. The average Bonchev–Trinajstić information content (AvgIpc) is 3.07. The molecule has 6 nitrogen and oxygen atoms in total. The number of aromatic amines is 1. The van der Waals surface area contributed by atoms with E-state index in [1.54, 1.807) is 0 Å². The van der Waals surface area contributed by atoms with E-state index >= 15 is 0 Å². The fourth-order valence-electron chi connectivity index (χ4n) is 2.74. The zero-order valence-electron chi connectivity index (χ0n) is 14.7. The van der Waals surface area contributed by atoms with Gasteiger partial charge in [0.05, 0.1) is 6.61 Å². The average molecular weight is 353 g/mol. The molecule has 0 fully saturated rings. The maximum atomic E-state index is 11.9. The number of ether oxygens (including phenoxy) is 2. The van der Waals surface area contributed by atoms with Gasteiger partial charge in [0, 0.05) is 23.6 Å². The van der Waals surface area contributed by atoms with Gasteiger partial charge in [0.15, 0.2) is 18.2 Å². The van der Waals surface area contributed by atoms with Gasteiger partial charge in [-0.1, -0.05) is 30.3 Å². The molecule has 0 radical (unpaired) electrons. The number of urea groups is 1. The smallest absolute Gasteiger partial charge is 0.317 e. The number of H-pyrrole nitrogens is 1. The highest BCUT2D eigenvalue weighted by Gasteiger charge is 2.06. The van der Waals surface area contributed by atoms with Crippen LogP contribution in [0.3, 0.4) is 0 Å². The van der Waals surface area contributed by atoms with E-state index in [9.17, 15) is 4.79 Å². The van der Waals surface area contributed by atoms with Crippen LogP contribution in [0.5, 0.6) is 11.5 Å². The van der Waals surface area contributed by atoms with Crippen LogP contribution in [-0.4, -0.2) is 30.9 Å². The summed E-state index contributed by atoms with van der Waals surface area (Å²) in [5.74, 6) is 1.27. The number of fused-ring (bicyclic) bond motifs is 1. The standard InChI is InChI=1S/C20H23N3O3/c1-2-25-18-9-5-6-10-19(18)26-14-23-20(24)21-12-11-15-13-22-17-8-4-3-7-16(15)17/h3-10,13,22H,2,11-12,14H2,1H3,(H2,21,23,24). The predicted molar refractivity (Wildman–Crippen MR) is 102 cm³/mol. The molecule has 0 aliphatic carbocycles. The molecule has 0 unspecified atom stereocenters. The lowest BCUT2D eigenvalue weighted by Crippen LogP contribution is -2.38. The summed E-state index contributed by atoms with van der Waals surface area (Å²) in [5.41, 5.74) is 2.29. The van der Waals surface area contributed by atoms with Crippen molar-refractivity contribution in [2.45, 2.75) is 13.3 Å². The Bertz CT molecular complexity index is 860. The maximum absolute atomic E-state index is 11.9. The highest BCUT2D eigenvalue weighted by Crippen LogP contribution is 2.25. The second kappa shape index (κ2) is 8.80. The molecule has 3 aromatic rings. The Kier molecular flexibility index (Phi) is 5.98. The zero-order chi connectivity index (χ0) is 18.2. The summed E-state index contributed by atoms with van der Waals surface area (Å²) in [6.07, 6.45) is 2.74. The number of nitrogens with one attached hydrogen (secondary N) is 3. The predicted octanol–water partition coefficient (Wildman–Crippen LogP) is 3.44. The molecule has 0 atom stereocenters. The third kappa shape index (κ3) is 4.47. The molecule has 1 aromatic heterocycles. The molecule has 136 valence electrons. The number of carbonyl (C=O) groups is 1. The van der Waals surface area contributed by atoms with E-state index in [0.717, 1.165) is 11.9 Å². The van der Waals surface area contributed by atoms with Crippen molar-refractivity contribution in [2.24, 2.45) is 0 Å². The molecule has 0 saturated carbocycles. The summed E-state index contributed by atoms with van der Waals surface area (Å²) in [6, 6.07) is 15.2. The minimum atomic E-state index is -0.265. The summed E-state index contributed by atoms with van der Waals surface area (Å²) in [7, 11) is 0. The molecule has 0 aliphatic rings. The molecule has 2 amide bonds. The van der Waals surface area contributed by atoms with Crippen LogP contribution >= 0.6 is 0 Å². The normalized spacial score (nSPS) is 10.5. The first-order valence-corrected chi connectivity index (χ1v) is 8.69. The Hall–Kier alpha value is -3.15. The molecular formula is C20H23N3O3. The number of hydrogen-bond donors (Lipinski definition) is 3. The van der Waals surface area contributed by atoms with E-state index in [1.807, 2.05) is 55.6 Å². The third-order valence-electron chi connectivity index (χ3n) is 3.96. The van der Waals surface area contributed by atoms with Gasteiger partial charge in [-0.15, -0.1) is 0 Å². The van der Waals surface area contributed by atoms with Gasteiger partial charge < -0.3 is 25.1 Å². The van der Waals surface area contributed by atoms with Crippen LogP contribution in [0.1, 0.15) is 12.5 Å². The number of para-hydroxylation sites is 3. The number of amides is 2. The largest absolute Gasteiger partial charge is 0.490 e. The van der Waals surface area contributed by atoms with Crippen LogP contribution in [-0.2, 0) is 6.42 Å². The van der Waals surface area contributed by atoms with Gasteiger partial charge >= 0.3 is 6.03 Å². The van der Waals surface area contributed by atoms with Gasteiger partial charge in [-0.2, -0.15) is 0 Å². The minimum absolute atomic E-state index is 0.0724. The van der Waals surface area contributed by atoms with Gasteiger partial charge in [-0.3, -0.25) is 0 Å². The molecule has 1 heterocycles. The Labute approximate surface area is 152 Å². The van der Waals surface area contributed by atoms with Gasteiger partial charge in [0.1, 0.15) is 0 Å². The topological polar surface area (TPSA) is 75.4 Å². The summed E-state index contributed by atoms with van der Waals surface area (Å²) in [4.78, 5) is 15.1. The fraction of sp³-hybridized carbons (Fsp3) is 0.250. The second-order valence-electron chi connectivity index (χ2n) is 5.71. The van der Waals surface area contributed by atoms with Gasteiger partial charge in [-0.25, -0.2) is 4.79 Å². The van der Waals surface area contributed by atoms with Crippen LogP contribution in [0, 0.1) is 0 Å². The minimum Gasteiger partial charge on any atom is -0.490 e. The van der Waals surface area contributed by atoms with Crippen LogP contribution in [0.25, 0.3) is 10.9 Å². The van der Waals surface area contributed by atoms with Crippen LogP contribution in [0.15, 0.2) is 54.7 Å². The van der Waals surface area contributed by atoms with E-state index in [2.05, 4.69) is 21.7 Å². The number of aromatic nitrogens is 1. The third-order valence-corrected chi connectivity index (χ3v) is 3.96. The molecule has 2 aromatic carbocycles. The second-order valence-corrected chi connectivity index (χ2v) is 5.71. The monoisotopic (exact) mass is 353 g/mol. The lowest BCUT2D eigenvalue weighted by Gasteiger charge is -2.12. The molecule has 0 saturated heterocycles. The summed E-state index contributed by atoms with van der Waals surface area (Å²) < 4.78 is 11.0. The maximum Gasteiger partial charge on any atom is 0.317 e. The number of hydrogen-bond acceptors (Lipinski definition) is 3. The van der Waals surface area contributed by atoms with E-state index in [1.165, 1.54) is 10.9 Å². The SMILES string of the molecule is CCOc1ccccc1OCNC(=O)NCCc1c[nH]c2ccccc12. The van der Waals surface area contributed by atoms with Crippen LogP contribution in [0.4, 0.5) is 4.79 Å². The van der Waals surface area contributed by atoms with Crippen molar-refractivity contribution in [3.05, 3.63) is 60.3 Å². The zero-order valence-corrected chi connectivity index (χ0v) is 14.7. The van der Waals surface area contributed by atoms with Crippen LogP contribution in [0.2, 0.25) is 0 Å². The lowest BCUT2D eigenvalue weighted by atomic mass is 10.1. The van der Waals surface area contributed by atoms with Gasteiger partial charge in [0.25, 0.3) is 0 Å². The van der Waals surface area contributed by atoms with Gasteiger partial charge in [-0.05, 0) is 37.1 Å². The molecule has 3 rings (SSSR count). The first-order valence-electron chi connectivity index (χ1n) is 8.69. The summed E-state index contributed by atoms with van der Waals surface area (Å²) >= 11 is 0. The molecular weight excluding hydrogens is 330 g/mol. The lowest BCUT2D eigenvalue weighted by molar-refractivity contribution is 0.220. The highest BCUT2D eigenvalue weighted by atomic mass is 16.5. The van der Waals surface area contributed by atoms with Crippen molar-refractivity contribution >= 4 is 16.9 Å². The Morgan fingerprint density at radius 1 is 1.00 bits per heavy atom. The fourth-order valence-corrected chi connectivity index (χ4v) is 2.74. The quantitative estimate of drug-likeness (QED) is 0.543. The highest BCUT2D eigenvalue weighted by molar-refractivity contribution is 5.83. The van der Waals surface area contributed by atoms with Gasteiger partial charge in [0.2, 0.25) is 0 Å². The van der Waals surface area contributed by atoms with E-state index < -0.39 is 0 Å². The van der Waals surface area contributed by atoms with Crippen molar-refractivity contribution in [1.29, 1.82) is 0 Å². The first kappa shape index (κ1) is 17.7. The van der Waals surface area contributed by atoms with E-state index in [4.69, 9.17) is 9.47 Å². The molecule has 0 bridgehead atoms. The first-order chi connectivity index (χ1) is 12.8. The number of carbonyl (C=O) groups excluding carboxylic acids is 1. The molecule has 0 spiro atoms. The Balaban J connectivity index is 1.41. The van der Waals surface area contributed by atoms with Crippen molar-refractivity contribution < 1.29 is 14.3 Å². The summed E-state index contributed by atoms with van der Waals surface area (Å²) in [5, 5.41) is 6.70. The van der Waals surface area contributed by atoms with E-state index in [-0.39, 0.29) is 12.8 Å². The number of benzene rings is 2. The molecule has 3 N–H and O–H groups in total. The summed E-state index contributed by atoms with van der Waals surface area (Å²) in [6.45, 7) is 3.09. The van der Waals surface area contributed by atoms with Crippen molar-refractivity contribution in [2.75, 3.05) is 19.9 Å². The van der Waals surface area contributed by atoms with Crippen molar-refractivity contribution in [3.8, 4) is 11.5 Å². The van der Waals surface area contributed by atoms with Crippen LogP contribution < -0.4 is 20.1 Å². The molecule has 26 heavy (non-hydrogen) atoms. The molecule has 6 heteroatoms. The number of rotatable bonds is 8. The Morgan fingerprint density at radius 2 is 1.73 bits per heavy atom. The van der Waals surface area contributed by atoms with Crippen molar-refractivity contribution in [3.63, 3.8) is 0 Å². The van der Waals surface area contributed by atoms with E-state index in [0.29, 0.717) is 24.7 Å². The molecule has 0 aliphatic heterocycles. The van der Waals surface area contributed by atoms with Crippen molar-refractivity contribution in [1.82, 2.24) is 15.6 Å².